The van der Waals surface area contributed by atoms with Gasteiger partial charge in [0.15, 0.2) is 5.65 Å². The first kappa shape index (κ1) is 15.9. The number of aromatic amines is 1. The van der Waals surface area contributed by atoms with Crippen molar-refractivity contribution in [1.29, 1.82) is 0 Å². The average Bonchev–Trinajstić information content (AvgIpc) is 2.91. The molecule has 0 saturated carbocycles. The molecule has 0 amide bonds. The highest BCUT2D eigenvalue weighted by molar-refractivity contribution is 5.86. The molecule has 0 bridgehead atoms. The first-order valence-corrected chi connectivity index (χ1v) is 7.80. The number of hydrogen-bond donors (Lipinski definition) is 2. The SMILES string of the molecule is CN1CCc2[nH]c3nnc(-c4ccccc4O)cc3c2[C@@H]1C(F)(F)F. The molecule has 0 aliphatic carbocycles. The largest absolute Gasteiger partial charge is 0.507 e. The zero-order valence-corrected chi connectivity index (χ0v) is 13.3. The Morgan fingerprint density at radius 1 is 1.24 bits per heavy atom. The van der Waals surface area contributed by atoms with Crippen molar-refractivity contribution in [3.8, 4) is 17.0 Å². The molecule has 3 heterocycles. The monoisotopic (exact) mass is 348 g/mol. The van der Waals surface area contributed by atoms with E-state index in [0.29, 0.717) is 41.0 Å². The molecule has 8 heteroatoms. The number of phenolic OH excluding ortho intramolecular Hbond substituents is 1. The minimum Gasteiger partial charge on any atom is -0.507 e. The number of fused-ring (bicyclic) bond motifs is 3. The number of benzene rings is 1. The lowest BCUT2D eigenvalue weighted by Crippen LogP contribution is -2.40. The molecular formula is C17H15F3N4O. The molecule has 5 nitrogen and oxygen atoms in total. The van der Waals surface area contributed by atoms with Crippen molar-refractivity contribution in [1.82, 2.24) is 20.1 Å². The number of nitrogens with one attached hydrogen (secondary N) is 1. The summed E-state index contributed by atoms with van der Waals surface area (Å²) in [6.07, 6.45) is -3.90. The third-order valence-corrected chi connectivity index (χ3v) is 4.60. The summed E-state index contributed by atoms with van der Waals surface area (Å²) in [5.74, 6) is 0.00467. The molecule has 2 aromatic heterocycles. The molecule has 1 aromatic carbocycles. The number of likely N-dealkylation sites (N-methyl/N-ethyl adjacent to an activating group) is 1. The van der Waals surface area contributed by atoms with Crippen LogP contribution < -0.4 is 0 Å². The van der Waals surface area contributed by atoms with Gasteiger partial charge in [-0.25, -0.2) is 0 Å². The van der Waals surface area contributed by atoms with Crippen LogP contribution in [-0.4, -0.2) is 45.0 Å². The summed E-state index contributed by atoms with van der Waals surface area (Å²) in [6.45, 7) is 0.309. The topological polar surface area (TPSA) is 65.0 Å². The van der Waals surface area contributed by atoms with Gasteiger partial charge in [-0.05, 0) is 25.2 Å². The van der Waals surface area contributed by atoms with Crippen LogP contribution in [0.1, 0.15) is 17.3 Å². The molecule has 1 aliphatic heterocycles. The molecule has 3 aromatic rings. The second-order valence-corrected chi connectivity index (χ2v) is 6.20. The summed E-state index contributed by atoms with van der Waals surface area (Å²) in [7, 11) is 1.47. The number of hydrogen-bond acceptors (Lipinski definition) is 4. The normalized spacial score (nSPS) is 18.5. The van der Waals surface area contributed by atoms with Gasteiger partial charge in [-0.3, -0.25) is 4.90 Å². The van der Waals surface area contributed by atoms with Crippen molar-refractivity contribution in [2.75, 3.05) is 13.6 Å². The van der Waals surface area contributed by atoms with Crippen LogP contribution in [0.4, 0.5) is 13.2 Å². The quantitative estimate of drug-likeness (QED) is 0.707. The summed E-state index contributed by atoms with van der Waals surface area (Å²) in [5, 5.41) is 18.5. The number of para-hydroxylation sites is 1. The summed E-state index contributed by atoms with van der Waals surface area (Å²) < 4.78 is 40.9. The number of nitrogens with zero attached hydrogens (tertiary/aromatic N) is 3. The van der Waals surface area contributed by atoms with E-state index in [9.17, 15) is 18.3 Å². The number of aromatic nitrogens is 3. The van der Waals surface area contributed by atoms with E-state index in [0.717, 1.165) is 0 Å². The van der Waals surface area contributed by atoms with Gasteiger partial charge in [0.2, 0.25) is 0 Å². The maximum absolute atomic E-state index is 13.6. The van der Waals surface area contributed by atoms with E-state index in [4.69, 9.17) is 0 Å². The van der Waals surface area contributed by atoms with Gasteiger partial charge in [-0.2, -0.15) is 13.2 Å². The zero-order chi connectivity index (χ0) is 17.8. The van der Waals surface area contributed by atoms with E-state index in [1.54, 1.807) is 24.3 Å². The maximum Gasteiger partial charge on any atom is 0.408 e. The third kappa shape index (κ3) is 2.53. The average molecular weight is 348 g/mol. The number of phenols is 1. The van der Waals surface area contributed by atoms with Crippen LogP contribution in [0.25, 0.3) is 22.3 Å². The molecule has 0 fully saturated rings. The predicted molar refractivity (Wildman–Crippen MR) is 86.1 cm³/mol. The number of aromatic hydroxyl groups is 1. The molecule has 0 spiro atoms. The van der Waals surface area contributed by atoms with Gasteiger partial charge in [0.05, 0.1) is 5.69 Å². The van der Waals surface area contributed by atoms with Crippen molar-refractivity contribution in [2.24, 2.45) is 0 Å². The smallest absolute Gasteiger partial charge is 0.408 e. The van der Waals surface area contributed by atoms with E-state index in [1.807, 2.05) is 0 Å². The molecule has 25 heavy (non-hydrogen) atoms. The highest BCUT2D eigenvalue weighted by Crippen LogP contribution is 2.44. The van der Waals surface area contributed by atoms with E-state index in [1.165, 1.54) is 18.0 Å². The number of halogens is 3. The Labute approximate surface area is 141 Å². The van der Waals surface area contributed by atoms with Crippen LogP contribution in [0.5, 0.6) is 5.75 Å². The van der Waals surface area contributed by atoms with Crippen molar-refractivity contribution in [2.45, 2.75) is 18.6 Å². The Morgan fingerprint density at radius 3 is 2.72 bits per heavy atom. The van der Waals surface area contributed by atoms with Crippen LogP contribution in [0.2, 0.25) is 0 Å². The molecule has 0 saturated heterocycles. The van der Waals surface area contributed by atoms with Gasteiger partial charge >= 0.3 is 6.18 Å². The van der Waals surface area contributed by atoms with Gasteiger partial charge in [0, 0.05) is 35.2 Å². The number of alkyl halides is 3. The Balaban J connectivity index is 1.95. The van der Waals surface area contributed by atoms with Crippen LogP contribution in [0, 0.1) is 0 Å². The summed E-state index contributed by atoms with van der Waals surface area (Å²) >= 11 is 0. The second-order valence-electron chi connectivity index (χ2n) is 6.20. The Kier molecular flexibility index (Phi) is 3.47. The van der Waals surface area contributed by atoms with Crippen molar-refractivity contribution in [3.63, 3.8) is 0 Å². The predicted octanol–water partition coefficient (Wildman–Crippen LogP) is 3.42. The van der Waals surface area contributed by atoms with Gasteiger partial charge in [0.1, 0.15) is 11.8 Å². The molecule has 0 radical (unpaired) electrons. The van der Waals surface area contributed by atoms with E-state index in [-0.39, 0.29) is 11.3 Å². The lowest BCUT2D eigenvalue weighted by Gasteiger charge is -2.34. The first-order valence-electron chi connectivity index (χ1n) is 7.80. The van der Waals surface area contributed by atoms with Gasteiger partial charge < -0.3 is 10.1 Å². The summed E-state index contributed by atoms with van der Waals surface area (Å²) in [5.41, 5.74) is 1.83. The minimum absolute atomic E-state index is 0.00467. The molecule has 1 aliphatic rings. The van der Waals surface area contributed by atoms with Crippen molar-refractivity contribution < 1.29 is 18.3 Å². The van der Waals surface area contributed by atoms with Gasteiger partial charge in [-0.1, -0.05) is 12.1 Å². The number of H-pyrrole nitrogens is 1. The van der Waals surface area contributed by atoms with Gasteiger partial charge in [0.25, 0.3) is 0 Å². The highest BCUT2D eigenvalue weighted by Gasteiger charge is 2.47. The standard InChI is InChI=1S/C17H15F3N4O/c1-24-7-6-11-14(15(24)17(18,19)20)10-8-12(22-23-16(10)21-11)9-4-2-3-5-13(9)25/h2-5,8,15,25H,6-7H2,1H3,(H,21,23)/t15-/m1/s1. The zero-order valence-electron chi connectivity index (χ0n) is 13.3. The Hall–Kier alpha value is -2.61. The van der Waals surface area contributed by atoms with Crippen molar-refractivity contribution >= 4 is 11.0 Å². The summed E-state index contributed by atoms with van der Waals surface area (Å²) in [6, 6.07) is 6.41. The fourth-order valence-corrected chi connectivity index (χ4v) is 3.44. The fourth-order valence-electron chi connectivity index (χ4n) is 3.44. The minimum atomic E-state index is -4.39. The van der Waals surface area contributed by atoms with E-state index < -0.39 is 12.2 Å². The van der Waals surface area contributed by atoms with E-state index in [2.05, 4.69) is 15.2 Å². The number of rotatable bonds is 1. The van der Waals surface area contributed by atoms with Gasteiger partial charge in [-0.15, -0.1) is 10.2 Å². The third-order valence-electron chi connectivity index (χ3n) is 4.60. The molecule has 1 atom stereocenters. The fraction of sp³-hybridized carbons (Fsp3) is 0.294. The summed E-state index contributed by atoms with van der Waals surface area (Å²) in [4.78, 5) is 4.27. The Morgan fingerprint density at radius 2 is 2.00 bits per heavy atom. The lowest BCUT2D eigenvalue weighted by molar-refractivity contribution is -0.184. The lowest BCUT2D eigenvalue weighted by atomic mass is 9.96. The van der Waals surface area contributed by atoms with Crippen LogP contribution >= 0.6 is 0 Å². The molecular weight excluding hydrogens is 333 g/mol. The molecule has 2 N–H and O–H groups in total. The highest BCUT2D eigenvalue weighted by atomic mass is 19.4. The molecule has 4 rings (SSSR count). The second kappa shape index (κ2) is 5.45. The van der Waals surface area contributed by atoms with Crippen LogP contribution in [0.15, 0.2) is 30.3 Å². The Bertz CT molecular complexity index is 951. The maximum atomic E-state index is 13.6. The first-order chi connectivity index (χ1) is 11.9. The van der Waals surface area contributed by atoms with Crippen LogP contribution in [0.3, 0.4) is 0 Å². The molecule has 130 valence electrons. The van der Waals surface area contributed by atoms with Crippen LogP contribution in [-0.2, 0) is 6.42 Å². The van der Waals surface area contributed by atoms with E-state index >= 15 is 0 Å². The van der Waals surface area contributed by atoms with Crippen molar-refractivity contribution in [3.05, 3.63) is 41.6 Å². The molecule has 0 unspecified atom stereocenters.